The Morgan fingerprint density at radius 2 is 1.76 bits per heavy atom. The van der Waals surface area contributed by atoms with Crippen LogP contribution in [-0.2, 0) is 33.0 Å². The van der Waals surface area contributed by atoms with Gasteiger partial charge in [-0.2, -0.15) is 5.10 Å². The molecule has 0 bridgehead atoms. The van der Waals surface area contributed by atoms with Crippen LogP contribution in [0.4, 0.5) is 0 Å². The predicted octanol–water partition coefficient (Wildman–Crippen LogP) is 2.63. The Morgan fingerprint density at radius 1 is 1.12 bits per heavy atom. The maximum Gasteiger partial charge on any atom is 0.191 e. The fraction of sp³-hybridized carbons (Fsp3) is 0.588. The molecule has 2 heterocycles. The summed E-state index contributed by atoms with van der Waals surface area (Å²) in [4.78, 5) is 4.30. The molecule has 8 heteroatoms. The van der Waals surface area contributed by atoms with Gasteiger partial charge in [0.2, 0.25) is 0 Å². The summed E-state index contributed by atoms with van der Waals surface area (Å²) in [5, 5.41) is 15.3. The highest BCUT2D eigenvalue weighted by molar-refractivity contribution is 14.0. The number of nitrogens with one attached hydrogen (secondary N) is 2. The number of aryl methyl sites for hydroxylation is 4. The van der Waals surface area contributed by atoms with Crippen molar-refractivity contribution >= 4 is 29.9 Å². The summed E-state index contributed by atoms with van der Waals surface area (Å²) in [6.45, 7) is 9.60. The zero-order chi connectivity index (χ0) is 17.7. The van der Waals surface area contributed by atoms with Crippen molar-refractivity contribution in [2.24, 2.45) is 12.0 Å². The number of aliphatic imine (C=N–C) groups is 1. The third-order valence-corrected chi connectivity index (χ3v) is 4.35. The van der Waals surface area contributed by atoms with Crippen LogP contribution in [0.5, 0.6) is 0 Å². The lowest BCUT2D eigenvalue weighted by atomic mass is 10.1. The number of aromatic nitrogens is 3. The van der Waals surface area contributed by atoms with E-state index in [4.69, 9.17) is 4.52 Å². The summed E-state index contributed by atoms with van der Waals surface area (Å²) in [7, 11) is 3.73. The van der Waals surface area contributed by atoms with E-state index in [1.54, 1.807) is 7.05 Å². The number of rotatable bonds is 6. The molecule has 0 aromatic carbocycles. The topological polar surface area (TPSA) is 80.3 Å². The first-order valence-electron chi connectivity index (χ1n) is 8.41. The van der Waals surface area contributed by atoms with Crippen molar-refractivity contribution in [3.05, 3.63) is 34.0 Å². The van der Waals surface area contributed by atoms with Gasteiger partial charge in [0.15, 0.2) is 5.96 Å². The first kappa shape index (κ1) is 21.5. The summed E-state index contributed by atoms with van der Waals surface area (Å²) in [6.07, 6.45) is 1.70. The summed E-state index contributed by atoms with van der Waals surface area (Å²) < 4.78 is 7.31. The Hall–Kier alpha value is -1.58. The van der Waals surface area contributed by atoms with Crippen LogP contribution in [0.15, 0.2) is 9.52 Å². The summed E-state index contributed by atoms with van der Waals surface area (Å²) >= 11 is 0. The summed E-state index contributed by atoms with van der Waals surface area (Å²) in [5.74, 6) is 1.69. The largest absolute Gasteiger partial charge is 0.361 e. The Balaban J connectivity index is 0.00000312. The smallest absolute Gasteiger partial charge is 0.191 e. The quantitative estimate of drug-likeness (QED) is 0.394. The fourth-order valence-electron chi connectivity index (χ4n) is 2.78. The highest BCUT2D eigenvalue weighted by Crippen LogP contribution is 2.15. The molecule has 0 amide bonds. The van der Waals surface area contributed by atoms with Crippen LogP contribution < -0.4 is 10.6 Å². The maximum atomic E-state index is 5.40. The predicted molar refractivity (Wildman–Crippen MR) is 110 cm³/mol. The summed E-state index contributed by atoms with van der Waals surface area (Å²) in [5.41, 5.74) is 5.55. The van der Waals surface area contributed by atoms with Crippen molar-refractivity contribution < 1.29 is 4.52 Å². The second kappa shape index (κ2) is 9.79. The molecule has 0 saturated heterocycles. The summed E-state index contributed by atoms with van der Waals surface area (Å²) in [6, 6.07) is 0. The van der Waals surface area contributed by atoms with Gasteiger partial charge in [0.25, 0.3) is 0 Å². The molecular weight excluding hydrogens is 431 g/mol. The van der Waals surface area contributed by atoms with Gasteiger partial charge in [0, 0.05) is 50.4 Å². The van der Waals surface area contributed by atoms with Crippen molar-refractivity contribution in [3.63, 3.8) is 0 Å². The number of hydrogen-bond donors (Lipinski definition) is 2. The molecule has 0 spiro atoms. The number of guanidine groups is 1. The lowest BCUT2D eigenvalue weighted by molar-refractivity contribution is 0.380. The van der Waals surface area contributed by atoms with Gasteiger partial charge >= 0.3 is 0 Å². The minimum atomic E-state index is 0. The standard InChI is InChI=1S/C17H28N6O.HI/c1-7-15-14(16(8-2)24-22-15)10-20-17(18-5)19-9-13-11(3)21-23(6)12(13)4;/h7-10H2,1-6H3,(H2,18,19,20);1H. The van der Waals surface area contributed by atoms with E-state index >= 15 is 0 Å². The molecular formula is C17H29IN6O. The normalized spacial score (nSPS) is 11.4. The highest BCUT2D eigenvalue weighted by Gasteiger charge is 2.14. The van der Waals surface area contributed by atoms with E-state index in [0.717, 1.165) is 47.2 Å². The van der Waals surface area contributed by atoms with Crippen LogP contribution in [0.2, 0.25) is 0 Å². The molecule has 0 aliphatic heterocycles. The van der Waals surface area contributed by atoms with Gasteiger partial charge in [-0.05, 0) is 20.3 Å². The van der Waals surface area contributed by atoms with Gasteiger partial charge in [-0.25, -0.2) is 0 Å². The maximum absolute atomic E-state index is 5.40. The van der Waals surface area contributed by atoms with Crippen molar-refractivity contribution in [1.29, 1.82) is 0 Å². The SMILES string of the molecule is CCc1noc(CC)c1CNC(=NC)NCc1c(C)nn(C)c1C.I. The molecule has 0 unspecified atom stereocenters. The molecule has 140 valence electrons. The lowest BCUT2D eigenvalue weighted by Crippen LogP contribution is -2.36. The average molecular weight is 460 g/mol. The minimum Gasteiger partial charge on any atom is -0.361 e. The molecule has 0 fully saturated rings. The van der Waals surface area contributed by atoms with E-state index in [2.05, 4.69) is 46.7 Å². The van der Waals surface area contributed by atoms with Crippen LogP contribution in [0.25, 0.3) is 0 Å². The second-order valence-electron chi connectivity index (χ2n) is 5.79. The van der Waals surface area contributed by atoms with E-state index in [1.165, 1.54) is 5.56 Å². The van der Waals surface area contributed by atoms with Crippen molar-refractivity contribution in [2.45, 2.75) is 53.6 Å². The molecule has 2 N–H and O–H groups in total. The van der Waals surface area contributed by atoms with Gasteiger partial charge < -0.3 is 15.2 Å². The van der Waals surface area contributed by atoms with Crippen LogP contribution in [0.3, 0.4) is 0 Å². The first-order chi connectivity index (χ1) is 11.5. The van der Waals surface area contributed by atoms with E-state index in [9.17, 15) is 0 Å². The van der Waals surface area contributed by atoms with E-state index in [-0.39, 0.29) is 24.0 Å². The van der Waals surface area contributed by atoms with E-state index < -0.39 is 0 Å². The van der Waals surface area contributed by atoms with Crippen LogP contribution >= 0.6 is 24.0 Å². The average Bonchev–Trinajstić information content (AvgIpc) is 3.09. The number of hydrogen-bond acceptors (Lipinski definition) is 4. The Morgan fingerprint density at radius 3 is 2.24 bits per heavy atom. The van der Waals surface area contributed by atoms with Crippen LogP contribution in [-0.4, -0.2) is 27.9 Å². The number of halogens is 1. The monoisotopic (exact) mass is 460 g/mol. The van der Waals surface area contributed by atoms with Gasteiger partial charge in [-0.1, -0.05) is 19.0 Å². The molecule has 7 nitrogen and oxygen atoms in total. The zero-order valence-corrected chi connectivity index (χ0v) is 18.3. The van der Waals surface area contributed by atoms with Gasteiger partial charge in [-0.15, -0.1) is 24.0 Å². The number of nitrogens with zero attached hydrogens (tertiary/aromatic N) is 4. The molecule has 2 aromatic rings. The molecule has 0 atom stereocenters. The third-order valence-electron chi connectivity index (χ3n) is 4.35. The molecule has 25 heavy (non-hydrogen) atoms. The van der Waals surface area contributed by atoms with Crippen LogP contribution in [0.1, 0.15) is 47.8 Å². The Labute approximate surface area is 166 Å². The third kappa shape index (κ3) is 4.96. The second-order valence-corrected chi connectivity index (χ2v) is 5.79. The molecule has 2 aromatic heterocycles. The highest BCUT2D eigenvalue weighted by atomic mass is 127. The fourth-order valence-corrected chi connectivity index (χ4v) is 2.78. The van der Waals surface area contributed by atoms with Gasteiger partial charge in [0.05, 0.1) is 11.4 Å². The molecule has 0 aliphatic rings. The Kier molecular flexibility index (Phi) is 8.40. The van der Waals surface area contributed by atoms with E-state index in [1.807, 2.05) is 18.7 Å². The zero-order valence-electron chi connectivity index (χ0n) is 15.9. The van der Waals surface area contributed by atoms with Crippen LogP contribution in [0, 0.1) is 13.8 Å². The lowest BCUT2D eigenvalue weighted by Gasteiger charge is -2.12. The first-order valence-corrected chi connectivity index (χ1v) is 8.41. The molecule has 0 aliphatic carbocycles. The van der Waals surface area contributed by atoms with Gasteiger partial charge in [0.1, 0.15) is 5.76 Å². The molecule has 2 rings (SSSR count). The van der Waals surface area contributed by atoms with Crippen molar-refractivity contribution in [1.82, 2.24) is 25.6 Å². The van der Waals surface area contributed by atoms with E-state index in [0.29, 0.717) is 13.1 Å². The van der Waals surface area contributed by atoms with Crippen molar-refractivity contribution in [3.8, 4) is 0 Å². The Bertz CT molecular complexity index is 698. The van der Waals surface area contributed by atoms with Crippen molar-refractivity contribution in [2.75, 3.05) is 7.05 Å². The van der Waals surface area contributed by atoms with Gasteiger partial charge in [-0.3, -0.25) is 9.67 Å². The minimum absolute atomic E-state index is 0. The molecule has 0 radical (unpaired) electrons. The molecule has 0 saturated carbocycles.